The van der Waals surface area contributed by atoms with Gasteiger partial charge in [-0.25, -0.2) is 23.0 Å². The first-order valence-corrected chi connectivity index (χ1v) is 10.0. The van der Waals surface area contributed by atoms with E-state index in [1.54, 1.807) is 29.9 Å². The molecule has 28 heavy (non-hydrogen) atoms. The van der Waals surface area contributed by atoms with Crippen molar-refractivity contribution < 1.29 is 17.9 Å². The number of sulfonamides is 1. The van der Waals surface area contributed by atoms with Gasteiger partial charge in [-0.2, -0.15) is 5.10 Å². The topological polar surface area (TPSA) is 117 Å². The zero-order valence-corrected chi connectivity index (χ0v) is 15.7. The first-order chi connectivity index (χ1) is 13.4. The predicted molar refractivity (Wildman–Crippen MR) is 104 cm³/mol. The average Bonchev–Trinajstić information content (AvgIpc) is 3.08. The Morgan fingerprint density at radius 2 is 1.82 bits per heavy atom. The molecule has 2 aromatic carbocycles. The molecule has 0 fully saturated rings. The van der Waals surface area contributed by atoms with Crippen molar-refractivity contribution >= 4 is 37.8 Å². The van der Waals surface area contributed by atoms with Crippen LogP contribution in [0.5, 0.6) is 0 Å². The second-order valence-electron chi connectivity index (χ2n) is 6.06. The Labute approximate surface area is 160 Å². The molecule has 0 aliphatic carbocycles. The Bertz CT molecular complexity index is 1310. The number of nitrogens with zero attached hydrogens (tertiary/aromatic N) is 3. The largest absolute Gasteiger partial charge is 0.461 e. The number of hydrogen-bond donors (Lipinski definition) is 1. The number of para-hydroxylation sites is 1. The summed E-state index contributed by atoms with van der Waals surface area (Å²) in [5.74, 6) is -0.551. The maximum Gasteiger partial charge on any atom is 0.359 e. The van der Waals surface area contributed by atoms with Crippen LogP contribution in [0, 0.1) is 0 Å². The molecule has 0 spiro atoms. The fraction of sp³-hybridized carbons (Fsp3) is 0.105. The van der Waals surface area contributed by atoms with Gasteiger partial charge in [0.1, 0.15) is 0 Å². The molecule has 0 bridgehead atoms. The standard InChI is InChI=1S/C19H16N4O4S/c1-2-27-19(24)17-15-11-21-16-6-4-3-5-14(16)18(15)23(22-17)12-7-9-13(10-8-12)28(20,25)26/h3-11H,2H2,1H3,(H2,20,25,26). The van der Waals surface area contributed by atoms with E-state index in [0.717, 1.165) is 10.9 Å². The van der Waals surface area contributed by atoms with Gasteiger partial charge in [0.25, 0.3) is 0 Å². The third kappa shape index (κ3) is 3.00. The predicted octanol–water partition coefficient (Wildman–Crippen LogP) is 2.40. The summed E-state index contributed by atoms with van der Waals surface area (Å²) in [6.07, 6.45) is 1.59. The van der Waals surface area contributed by atoms with Crippen LogP contribution < -0.4 is 5.14 Å². The van der Waals surface area contributed by atoms with Gasteiger partial charge in [0, 0.05) is 11.6 Å². The number of nitrogens with two attached hydrogens (primary N) is 1. The van der Waals surface area contributed by atoms with Gasteiger partial charge in [-0.3, -0.25) is 4.98 Å². The summed E-state index contributed by atoms with van der Waals surface area (Å²) in [6.45, 7) is 1.94. The molecule has 0 saturated carbocycles. The van der Waals surface area contributed by atoms with E-state index in [0.29, 0.717) is 16.6 Å². The molecule has 9 heteroatoms. The smallest absolute Gasteiger partial charge is 0.359 e. The second kappa shape index (κ2) is 6.70. The molecule has 0 atom stereocenters. The van der Waals surface area contributed by atoms with Gasteiger partial charge in [-0.15, -0.1) is 0 Å². The number of carbonyl (C=O) groups is 1. The molecule has 2 N–H and O–H groups in total. The van der Waals surface area contributed by atoms with E-state index in [-0.39, 0.29) is 17.2 Å². The lowest BCUT2D eigenvalue weighted by atomic mass is 10.1. The van der Waals surface area contributed by atoms with Gasteiger partial charge in [0.05, 0.1) is 33.6 Å². The van der Waals surface area contributed by atoms with Crippen LogP contribution in [-0.4, -0.2) is 35.8 Å². The van der Waals surface area contributed by atoms with Gasteiger partial charge >= 0.3 is 5.97 Å². The lowest BCUT2D eigenvalue weighted by Gasteiger charge is -2.06. The summed E-state index contributed by atoms with van der Waals surface area (Å²) in [6, 6.07) is 13.4. The lowest BCUT2D eigenvalue weighted by molar-refractivity contribution is 0.0521. The van der Waals surface area contributed by atoms with E-state index in [1.807, 2.05) is 24.3 Å². The van der Waals surface area contributed by atoms with E-state index in [9.17, 15) is 13.2 Å². The van der Waals surface area contributed by atoms with Gasteiger partial charge in [0.15, 0.2) is 5.69 Å². The molecular formula is C19H16N4O4S. The number of benzene rings is 2. The van der Waals surface area contributed by atoms with Gasteiger partial charge < -0.3 is 4.74 Å². The fourth-order valence-corrected chi connectivity index (χ4v) is 3.56. The van der Waals surface area contributed by atoms with Crippen LogP contribution >= 0.6 is 0 Å². The molecule has 0 radical (unpaired) electrons. The summed E-state index contributed by atoms with van der Waals surface area (Å²) in [7, 11) is -3.81. The summed E-state index contributed by atoms with van der Waals surface area (Å²) in [5.41, 5.74) is 2.14. The number of fused-ring (bicyclic) bond motifs is 3. The van der Waals surface area contributed by atoms with Crippen molar-refractivity contribution in [3.8, 4) is 5.69 Å². The Morgan fingerprint density at radius 1 is 1.11 bits per heavy atom. The number of rotatable bonds is 4. The highest BCUT2D eigenvalue weighted by Gasteiger charge is 2.21. The monoisotopic (exact) mass is 396 g/mol. The lowest BCUT2D eigenvalue weighted by Crippen LogP contribution is -2.12. The van der Waals surface area contributed by atoms with Crippen molar-refractivity contribution in [3.05, 3.63) is 60.4 Å². The van der Waals surface area contributed by atoms with E-state index in [1.165, 1.54) is 12.1 Å². The fourth-order valence-electron chi connectivity index (χ4n) is 3.05. The molecule has 8 nitrogen and oxygen atoms in total. The molecule has 0 amide bonds. The number of esters is 1. The number of pyridine rings is 1. The maximum absolute atomic E-state index is 12.4. The molecule has 2 heterocycles. The number of carbonyl (C=O) groups excluding carboxylic acids is 1. The second-order valence-corrected chi connectivity index (χ2v) is 7.62. The van der Waals surface area contributed by atoms with Crippen molar-refractivity contribution in [2.75, 3.05) is 6.61 Å². The minimum absolute atomic E-state index is 0.00940. The van der Waals surface area contributed by atoms with Gasteiger partial charge in [-0.05, 0) is 37.3 Å². The minimum Gasteiger partial charge on any atom is -0.461 e. The van der Waals surface area contributed by atoms with E-state index < -0.39 is 16.0 Å². The van der Waals surface area contributed by atoms with Crippen LogP contribution in [0.2, 0.25) is 0 Å². The maximum atomic E-state index is 12.4. The van der Waals surface area contributed by atoms with Crippen LogP contribution in [0.15, 0.2) is 59.6 Å². The molecule has 0 saturated heterocycles. The Hall–Kier alpha value is -3.30. The zero-order chi connectivity index (χ0) is 19.9. The SMILES string of the molecule is CCOC(=O)c1nn(-c2ccc(S(N)(=O)=O)cc2)c2c1cnc1ccccc12. The number of hydrogen-bond acceptors (Lipinski definition) is 6. The number of ether oxygens (including phenoxy) is 1. The summed E-state index contributed by atoms with van der Waals surface area (Å²) in [4.78, 5) is 16.8. The van der Waals surface area contributed by atoms with Crippen molar-refractivity contribution in [1.82, 2.24) is 14.8 Å². The molecule has 142 valence electrons. The first-order valence-electron chi connectivity index (χ1n) is 8.47. The average molecular weight is 396 g/mol. The molecule has 4 rings (SSSR count). The third-order valence-corrected chi connectivity index (χ3v) is 5.22. The van der Waals surface area contributed by atoms with Crippen LogP contribution in [-0.2, 0) is 14.8 Å². The zero-order valence-electron chi connectivity index (χ0n) is 14.9. The van der Waals surface area contributed by atoms with Crippen molar-refractivity contribution in [2.24, 2.45) is 5.14 Å². The minimum atomic E-state index is -3.81. The molecule has 2 aromatic heterocycles. The van der Waals surface area contributed by atoms with Crippen molar-refractivity contribution in [2.45, 2.75) is 11.8 Å². The first kappa shape index (κ1) is 18.1. The van der Waals surface area contributed by atoms with E-state index in [4.69, 9.17) is 9.88 Å². The quantitative estimate of drug-likeness (QED) is 0.529. The highest BCUT2D eigenvalue weighted by atomic mass is 32.2. The normalized spacial score (nSPS) is 11.8. The van der Waals surface area contributed by atoms with Crippen LogP contribution in [0.1, 0.15) is 17.4 Å². The Kier molecular flexibility index (Phi) is 4.33. The van der Waals surface area contributed by atoms with Crippen molar-refractivity contribution in [3.63, 3.8) is 0 Å². The van der Waals surface area contributed by atoms with Crippen LogP contribution in [0.4, 0.5) is 0 Å². The third-order valence-electron chi connectivity index (χ3n) is 4.29. The molecule has 4 aromatic rings. The van der Waals surface area contributed by atoms with E-state index in [2.05, 4.69) is 10.1 Å². The Morgan fingerprint density at radius 3 is 2.50 bits per heavy atom. The number of aromatic nitrogens is 3. The highest BCUT2D eigenvalue weighted by Crippen LogP contribution is 2.29. The highest BCUT2D eigenvalue weighted by molar-refractivity contribution is 7.89. The van der Waals surface area contributed by atoms with Gasteiger partial charge in [0.2, 0.25) is 10.0 Å². The summed E-state index contributed by atoms with van der Waals surface area (Å²) >= 11 is 0. The van der Waals surface area contributed by atoms with Gasteiger partial charge in [-0.1, -0.05) is 18.2 Å². The molecular weight excluding hydrogens is 380 g/mol. The summed E-state index contributed by atoms with van der Waals surface area (Å²) in [5, 5.41) is 11.0. The molecule has 0 unspecified atom stereocenters. The molecule has 0 aliphatic heterocycles. The van der Waals surface area contributed by atoms with Crippen LogP contribution in [0.3, 0.4) is 0 Å². The number of primary sulfonamides is 1. The summed E-state index contributed by atoms with van der Waals surface area (Å²) < 4.78 is 29.7. The molecule has 0 aliphatic rings. The van der Waals surface area contributed by atoms with Crippen molar-refractivity contribution in [1.29, 1.82) is 0 Å². The Balaban J connectivity index is 2.01. The van der Waals surface area contributed by atoms with Crippen LogP contribution in [0.25, 0.3) is 27.5 Å². The van der Waals surface area contributed by atoms with E-state index >= 15 is 0 Å².